The number of ketones is 1. The number of amides is 1. The summed E-state index contributed by atoms with van der Waals surface area (Å²) < 4.78 is 0.524. The summed E-state index contributed by atoms with van der Waals surface area (Å²) in [5, 5.41) is 21.0. The number of nitrogens with zero attached hydrogens (tertiary/aromatic N) is 3. The first kappa shape index (κ1) is 23.0. The lowest BCUT2D eigenvalue weighted by Gasteiger charge is -2.22. The molecule has 35 heavy (non-hydrogen) atoms. The van der Waals surface area contributed by atoms with Crippen molar-refractivity contribution in [2.75, 3.05) is 4.90 Å². The predicted octanol–water partition coefficient (Wildman–Crippen LogP) is 5.32. The van der Waals surface area contributed by atoms with Crippen molar-refractivity contribution < 1.29 is 24.6 Å². The molecule has 1 amide bonds. The molecule has 1 aliphatic heterocycles. The molecule has 4 aromatic rings. The number of aliphatic hydroxyl groups excluding tert-OH is 1. The number of hydrogen-bond donors (Lipinski definition) is 2. The zero-order valence-electron chi connectivity index (χ0n) is 17.5. The highest BCUT2D eigenvalue weighted by Gasteiger charge is 2.48. The molecule has 0 radical (unpaired) electrons. The molecule has 3 heterocycles. The van der Waals surface area contributed by atoms with Gasteiger partial charge >= 0.3 is 11.9 Å². The van der Waals surface area contributed by atoms with Crippen molar-refractivity contribution in [3.8, 4) is 0 Å². The van der Waals surface area contributed by atoms with Crippen LogP contribution in [0.15, 0.2) is 66.5 Å². The van der Waals surface area contributed by atoms with E-state index in [-0.39, 0.29) is 31.9 Å². The Balaban J connectivity index is 1.71. The second-order valence-corrected chi connectivity index (χ2v) is 9.39. The SMILES string of the molecule is O=C1C(=O)N(c2nc3ccc(C(=O)O)cc3s2)C(c2cccnc2)/C1=C(\O)c1ccc(Cl)c(Cl)c1. The Kier molecular flexibility index (Phi) is 5.76. The van der Waals surface area contributed by atoms with Gasteiger partial charge in [-0.05, 0) is 48.0 Å². The number of rotatable bonds is 4. The zero-order chi connectivity index (χ0) is 24.9. The van der Waals surface area contributed by atoms with Crippen LogP contribution in [0.25, 0.3) is 16.0 Å². The number of aliphatic hydroxyl groups is 1. The topological polar surface area (TPSA) is 121 Å². The largest absolute Gasteiger partial charge is 0.507 e. The van der Waals surface area contributed by atoms with E-state index in [1.165, 1.54) is 47.5 Å². The van der Waals surface area contributed by atoms with Gasteiger partial charge in [0.25, 0.3) is 5.78 Å². The van der Waals surface area contributed by atoms with Crippen molar-refractivity contribution in [3.63, 3.8) is 0 Å². The number of aromatic carboxylic acids is 1. The van der Waals surface area contributed by atoms with Gasteiger partial charge in [0.15, 0.2) is 5.13 Å². The van der Waals surface area contributed by atoms with Gasteiger partial charge in [-0.25, -0.2) is 9.78 Å². The van der Waals surface area contributed by atoms with Crippen LogP contribution < -0.4 is 4.90 Å². The van der Waals surface area contributed by atoms with E-state index in [9.17, 15) is 24.6 Å². The molecule has 0 saturated carbocycles. The first-order valence-corrected chi connectivity index (χ1v) is 11.6. The summed E-state index contributed by atoms with van der Waals surface area (Å²) in [5.74, 6) is -3.32. The maximum Gasteiger partial charge on any atom is 0.335 e. The molecule has 2 N–H and O–H groups in total. The van der Waals surface area contributed by atoms with Crippen LogP contribution in [0.2, 0.25) is 10.0 Å². The van der Waals surface area contributed by atoms with E-state index in [4.69, 9.17) is 23.2 Å². The van der Waals surface area contributed by atoms with Gasteiger partial charge in [-0.3, -0.25) is 19.5 Å². The molecular formula is C24H13Cl2N3O5S. The number of aromatic nitrogens is 2. The smallest absolute Gasteiger partial charge is 0.335 e. The number of benzene rings is 2. The molecule has 5 rings (SSSR count). The number of carboxylic acid groups (broad SMARTS) is 1. The summed E-state index contributed by atoms with van der Waals surface area (Å²) in [5.41, 5.74) is 1.05. The maximum atomic E-state index is 13.2. The molecule has 2 aromatic heterocycles. The molecule has 8 nitrogen and oxygen atoms in total. The molecule has 174 valence electrons. The minimum Gasteiger partial charge on any atom is -0.507 e. The molecule has 1 fully saturated rings. The van der Waals surface area contributed by atoms with Crippen LogP contribution in [0, 0.1) is 0 Å². The molecule has 0 aliphatic carbocycles. The first-order valence-electron chi connectivity index (χ1n) is 10.1. The Morgan fingerprint density at radius 1 is 1.00 bits per heavy atom. The van der Waals surface area contributed by atoms with Crippen molar-refractivity contribution in [1.82, 2.24) is 9.97 Å². The highest BCUT2D eigenvalue weighted by Crippen LogP contribution is 2.44. The van der Waals surface area contributed by atoms with Crippen LogP contribution in [0.5, 0.6) is 0 Å². The van der Waals surface area contributed by atoms with E-state index in [0.717, 1.165) is 11.3 Å². The number of thiazole rings is 1. The second kappa shape index (κ2) is 8.77. The summed E-state index contributed by atoms with van der Waals surface area (Å²) in [6.45, 7) is 0. The van der Waals surface area contributed by atoms with Gasteiger partial charge in [-0.15, -0.1) is 0 Å². The summed E-state index contributed by atoms with van der Waals surface area (Å²) in [7, 11) is 0. The number of carbonyl (C=O) groups excluding carboxylic acids is 2. The molecule has 1 saturated heterocycles. The number of anilines is 1. The van der Waals surface area contributed by atoms with Crippen molar-refractivity contribution >= 4 is 73.3 Å². The minimum atomic E-state index is -1.10. The minimum absolute atomic E-state index is 0.0678. The fourth-order valence-electron chi connectivity index (χ4n) is 3.83. The average molecular weight is 526 g/mol. The average Bonchev–Trinajstić information content (AvgIpc) is 3.38. The zero-order valence-corrected chi connectivity index (χ0v) is 19.8. The maximum absolute atomic E-state index is 13.2. The van der Waals surface area contributed by atoms with Crippen LogP contribution in [0.4, 0.5) is 5.13 Å². The fraction of sp³-hybridized carbons (Fsp3) is 0.0417. The lowest BCUT2D eigenvalue weighted by molar-refractivity contribution is -0.132. The number of carboxylic acids is 1. The van der Waals surface area contributed by atoms with Gasteiger partial charge in [0, 0.05) is 18.0 Å². The quantitative estimate of drug-likeness (QED) is 0.210. The van der Waals surface area contributed by atoms with Crippen LogP contribution in [0.1, 0.15) is 27.5 Å². The Hall–Kier alpha value is -3.79. The molecule has 2 aromatic carbocycles. The van der Waals surface area contributed by atoms with E-state index < -0.39 is 29.5 Å². The van der Waals surface area contributed by atoms with Gasteiger partial charge in [-0.2, -0.15) is 0 Å². The molecule has 0 bridgehead atoms. The molecular weight excluding hydrogens is 513 g/mol. The number of pyridine rings is 1. The predicted molar refractivity (Wildman–Crippen MR) is 132 cm³/mol. The van der Waals surface area contributed by atoms with E-state index in [1.807, 2.05) is 0 Å². The van der Waals surface area contributed by atoms with Crippen molar-refractivity contribution in [2.45, 2.75) is 6.04 Å². The lowest BCUT2D eigenvalue weighted by Crippen LogP contribution is -2.29. The lowest BCUT2D eigenvalue weighted by atomic mass is 9.96. The van der Waals surface area contributed by atoms with E-state index >= 15 is 0 Å². The first-order chi connectivity index (χ1) is 16.8. The van der Waals surface area contributed by atoms with E-state index in [2.05, 4.69) is 9.97 Å². The third-order valence-electron chi connectivity index (χ3n) is 5.47. The third-order valence-corrected chi connectivity index (χ3v) is 7.22. The Morgan fingerprint density at radius 3 is 2.46 bits per heavy atom. The highest BCUT2D eigenvalue weighted by molar-refractivity contribution is 7.22. The standard InChI is InChI=1S/C24H13Cl2N3O5S/c25-14-5-3-11(8-15(14)26)20(30)18-19(13-2-1-7-27-10-13)29(22(32)21(18)31)24-28-16-6-4-12(23(33)34)9-17(16)35-24/h1-10,19,30H,(H,33,34)/b20-18+. The van der Waals surface area contributed by atoms with Crippen LogP contribution in [-0.2, 0) is 9.59 Å². The van der Waals surface area contributed by atoms with Gasteiger partial charge in [0.05, 0.1) is 37.4 Å². The summed E-state index contributed by atoms with van der Waals surface area (Å²) >= 11 is 13.1. The molecule has 11 heteroatoms. The Labute approximate surface area is 211 Å². The van der Waals surface area contributed by atoms with Gasteiger partial charge < -0.3 is 10.2 Å². The van der Waals surface area contributed by atoms with Crippen molar-refractivity contribution in [1.29, 1.82) is 0 Å². The fourth-order valence-corrected chi connectivity index (χ4v) is 5.16. The molecule has 0 spiro atoms. The van der Waals surface area contributed by atoms with E-state index in [1.54, 1.807) is 18.3 Å². The normalized spacial score (nSPS) is 17.3. The van der Waals surface area contributed by atoms with Gasteiger partial charge in [0.1, 0.15) is 5.76 Å². The van der Waals surface area contributed by atoms with Crippen LogP contribution in [-0.4, -0.2) is 37.8 Å². The number of Topliss-reactive ketones (excluding diaryl/α,β-unsaturated/α-hetero) is 1. The highest BCUT2D eigenvalue weighted by atomic mass is 35.5. The number of fused-ring (bicyclic) bond motifs is 1. The number of hydrogen-bond acceptors (Lipinski definition) is 7. The Morgan fingerprint density at radius 2 is 1.77 bits per heavy atom. The Bertz CT molecular complexity index is 1570. The van der Waals surface area contributed by atoms with E-state index in [0.29, 0.717) is 15.8 Å². The third kappa shape index (κ3) is 3.93. The van der Waals surface area contributed by atoms with Crippen molar-refractivity contribution in [2.24, 2.45) is 0 Å². The van der Waals surface area contributed by atoms with Gasteiger partial charge in [-0.1, -0.05) is 40.6 Å². The van der Waals surface area contributed by atoms with Gasteiger partial charge in [0.2, 0.25) is 0 Å². The summed E-state index contributed by atoms with van der Waals surface area (Å²) in [6, 6.07) is 11.0. The number of carbonyl (C=O) groups is 3. The van der Waals surface area contributed by atoms with Crippen LogP contribution in [0.3, 0.4) is 0 Å². The number of halogens is 2. The second-order valence-electron chi connectivity index (χ2n) is 7.57. The summed E-state index contributed by atoms with van der Waals surface area (Å²) in [6.07, 6.45) is 3.03. The van der Waals surface area contributed by atoms with Crippen molar-refractivity contribution in [3.05, 3.63) is 93.2 Å². The summed E-state index contributed by atoms with van der Waals surface area (Å²) in [4.78, 5) is 47.6. The molecule has 1 atom stereocenters. The monoisotopic (exact) mass is 525 g/mol. The van der Waals surface area contributed by atoms with Crippen LogP contribution >= 0.6 is 34.5 Å². The molecule has 1 aliphatic rings. The molecule has 1 unspecified atom stereocenters.